The standard InChI is InChI=1S/C15H26N2O3/c1-14(2,3)17-9-11(8-12(17)18)13(19)16(4)15(6-7-15)10-20-5/h11H,6-10H2,1-5H3. The third kappa shape index (κ3) is 2.68. The molecule has 0 bridgehead atoms. The zero-order chi connectivity index (χ0) is 15.1. The summed E-state index contributed by atoms with van der Waals surface area (Å²) in [4.78, 5) is 28.3. The van der Waals surface area contributed by atoms with E-state index in [1.807, 2.05) is 37.6 Å². The van der Waals surface area contributed by atoms with Crippen molar-refractivity contribution in [1.29, 1.82) is 0 Å². The second-order valence-corrected chi connectivity index (χ2v) is 7.13. The average Bonchev–Trinajstić information content (AvgIpc) is 3.01. The predicted molar refractivity (Wildman–Crippen MR) is 76.2 cm³/mol. The maximum atomic E-state index is 12.6. The third-order valence-corrected chi connectivity index (χ3v) is 4.57. The van der Waals surface area contributed by atoms with Crippen molar-refractivity contribution in [2.75, 3.05) is 27.3 Å². The van der Waals surface area contributed by atoms with Crippen LogP contribution in [0.4, 0.5) is 0 Å². The maximum Gasteiger partial charge on any atom is 0.228 e. The minimum atomic E-state index is -0.214. The SMILES string of the molecule is COCC1(N(C)C(=O)C2CC(=O)N(C(C)(C)C)C2)CC1. The van der Waals surface area contributed by atoms with E-state index in [1.54, 1.807) is 7.11 Å². The number of hydrogen-bond donors (Lipinski definition) is 0. The van der Waals surface area contributed by atoms with Gasteiger partial charge >= 0.3 is 0 Å². The number of carbonyl (C=O) groups is 2. The van der Waals surface area contributed by atoms with Gasteiger partial charge in [0.25, 0.3) is 0 Å². The molecule has 5 nitrogen and oxygen atoms in total. The molecule has 2 amide bonds. The highest BCUT2D eigenvalue weighted by Crippen LogP contribution is 2.42. The highest BCUT2D eigenvalue weighted by atomic mass is 16.5. The van der Waals surface area contributed by atoms with Crippen LogP contribution >= 0.6 is 0 Å². The van der Waals surface area contributed by atoms with Crippen LogP contribution in [0.5, 0.6) is 0 Å². The lowest BCUT2D eigenvalue weighted by atomic mass is 10.0. The summed E-state index contributed by atoms with van der Waals surface area (Å²) in [6.07, 6.45) is 2.32. The van der Waals surface area contributed by atoms with Crippen LogP contribution < -0.4 is 0 Å². The Morgan fingerprint density at radius 3 is 2.45 bits per heavy atom. The van der Waals surface area contributed by atoms with E-state index in [2.05, 4.69) is 0 Å². The van der Waals surface area contributed by atoms with E-state index < -0.39 is 0 Å². The van der Waals surface area contributed by atoms with Crippen LogP contribution in [0, 0.1) is 5.92 Å². The number of hydrogen-bond acceptors (Lipinski definition) is 3. The van der Waals surface area contributed by atoms with E-state index in [1.165, 1.54) is 0 Å². The topological polar surface area (TPSA) is 49.9 Å². The number of likely N-dealkylation sites (tertiary alicyclic amines) is 1. The molecule has 1 unspecified atom stereocenters. The lowest BCUT2D eigenvalue weighted by Crippen LogP contribution is -2.46. The number of methoxy groups -OCH3 is 1. The van der Waals surface area contributed by atoms with Crippen molar-refractivity contribution in [1.82, 2.24) is 9.80 Å². The van der Waals surface area contributed by atoms with Crippen LogP contribution in [-0.4, -0.2) is 60.0 Å². The number of rotatable bonds is 4. The maximum absolute atomic E-state index is 12.6. The number of amides is 2. The summed E-state index contributed by atoms with van der Waals surface area (Å²) in [5.74, 6) is -0.0402. The van der Waals surface area contributed by atoms with Gasteiger partial charge < -0.3 is 14.5 Å². The molecule has 0 spiro atoms. The molecule has 0 aromatic carbocycles. The molecule has 0 aromatic rings. The zero-order valence-electron chi connectivity index (χ0n) is 13.2. The zero-order valence-corrected chi connectivity index (χ0v) is 13.2. The Kier molecular flexibility index (Phi) is 3.84. The number of carbonyl (C=O) groups excluding carboxylic acids is 2. The monoisotopic (exact) mass is 282 g/mol. The van der Waals surface area contributed by atoms with Crippen LogP contribution in [-0.2, 0) is 14.3 Å². The number of likely N-dealkylation sites (N-methyl/N-ethyl adjacent to an activating group) is 1. The lowest BCUT2D eigenvalue weighted by molar-refractivity contribution is -0.138. The van der Waals surface area contributed by atoms with Gasteiger partial charge in [-0.1, -0.05) is 0 Å². The molecule has 1 saturated carbocycles. The summed E-state index contributed by atoms with van der Waals surface area (Å²) < 4.78 is 5.23. The van der Waals surface area contributed by atoms with Gasteiger partial charge in [-0.25, -0.2) is 0 Å². The first-order valence-electron chi connectivity index (χ1n) is 7.28. The average molecular weight is 282 g/mol. The van der Waals surface area contributed by atoms with E-state index in [4.69, 9.17) is 4.74 Å². The van der Waals surface area contributed by atoms with Crippen molar-refractivity contribution in [3.63, 3.8) is 0 Å². The van der Waals surface area contributed by atoms with Crippen molar-refractivity contribution in [2.24, 2.45) is 5.92 Å². The van der Waals surface area contributed by atoms with Crippen LogP contribution in [0.15, 0.2) is 0 Å². The van der Waals surface area contributed by atoms with Gasteiger partial charge in [0.1, 0.15) is 0 Å². The smallest absolute Gasteiger partial charge is 0.228 e. The second-order valence-electron chi connectivity index (χ2n) is 7.13. The van der Waals surface area contributed by atoms with Crippen molar-refractivity contribution in [3.05, 3.63) is 0 Å². The lowest BCUT2D eigenvalue weighted by Gasteiger charge is -2.33. The molecule has 20 heavy (non-hydrogen) atoms. The van der Waals surface area contributed by atoms with Gasteiger partial charge in [0.05, 0.1) is 18.1 Å². The molecule has 1 aliphatic carbocycles. The number of nitrogens with zero attached hydrogens (tertiary/aromatic N) is 2. The molecule has 5 heteroatoms. The molecule has 2 rings (SSSR count). The summed E-state index contributed by atoms with van der Waals surface area (Å²) in [5, 5.41) is 0. The fourth-order valence-corrected chi connectivity index (χ4v) is 3.02. The fourth-order valence-electron chi connectivity index (χ4n) is 3.02. The largest absolute Gasteiger partial charge is 0.382 e. The van der Waals surface area contributed by atoms with Crippen molar-refractivity contribution in [3.8, 4) is 0 Å². The summed E-state index contributed by atoms with van der Waals surface area (Å²) in [7, 11) is 3.51. The Balaban J connectivity index is 2.03. The Labute approximate surface area is 121 Å². The van der Waals surface area contributed by atoms with Crippen molar-refractivity contribution in [2.45, 2.75) is 51.1 Å². The number of ether oxygens (including phenoxy) is 1. The molecule has 1 aliphatic heterocycles. The quantitative estimate of drug-likeness (QED) is 0.780. The predicted octanol–water partition coefficient (Wildman–Crippen LogP) is 1.27. The highest BCUT2D eigenvalue weighted by molar-refractivity contribution is 5.90. The van der Waals surface area contributed by atoms with Gasteiger partial charge in [-0.3, -0.25) is 9.59 Å². The Hall–Kier alpha value is -1.10. The van der Waals surface area contributed by atoms with Crippen LogP contribution in [0.1, 0.15) is 40.0 Å². The van der Waals surface area contributed by atoms with E-state index in [0.29, 0.717) is 19.6 Å². The molecule has 2 fully saturated rings. The third-order valence-electron chi connectivity index (χ3n) is 4.57. The van der Waals surface area contributed by atoms with Crippen molar-refractivity contribution >= 4 is 11.8 Å². The molecule has 1 saturated heterocycles. The van der Waals surface area contributed by atoms with E-state index in [0.717, 1.165) is 12.8 Å². The van der Waals surface area contributed by atoms with Gasteiger partial charge in [0.15, 0.2) is 0 Å². The first-order valence-corrected chi connectivity index (χ1v) is 7.28. The first-order chi connectivity index (χ1) is 9.21. The van der Waals surface area contributed by atoms with Crippen molar-refractivity contribution < 1.29 is 14.3 Å². The fraction of sp³-hybridized carbons (Fsp3) is 0.867. The van der Waals surface area contributed by atoms with Gasteiger partial charge in [0.2, 0.25) is 11.8 Å². The van der Waals surface area contributed by atoms with E-state index in [-0.39, 0.29) is 28.8 Å². The molecule has 114 valence electrons. The Bertz CT molecular complexity index is 410. The summed E-state index contributed by atoms with van der Waals surface area (Å²) >= 11 is 0. The molecule has 0 radical (unpaired) electrons. The summed E-state index contributed by atoms with van der Waals surface area (Å²) in [5.41, 5.74) is -0.335. The van der Waals surface area contributed by atoms with E-state index >= 15 is 0 Å². The van der Waals surface area contributed by atoms with Crippen LogP contribution in [0.2, 0.25) is 0 Å². The molecular formula is C15H26N2O3. The van der Waals surface area contributed by atoms with Gasteiger partial charge in [0, 0.05) is 32.7 Å². The van der Waals surface area contributed by atoms with Gasteiger partial charge in [-0.2, -0.15) is 0 Å². The van der Waals surface area contributed by atoms with Gasteiger partial charge in [-0.05, 0) is 33.6 Å². The Morgan fingerprint density at radius 1 is 1.45 bits per heavy atom. The molecule has 2 aliphatic rings. The Morgan fingerprint density at radius 2 is 2.05 bits per heavy atom. The van der Waals surface area contributed by atoms with Crippen LogP contribution in [0.3, 0.4) is 0 Å². The summed E-state index contributed by atoms with van der Waals surface area (Å²) in [6, 6.07) is 0. The second kappa shape index (κ2) is 5.02. The molecule has 1 atom stereocenters. The van der Waals surface area contributed by atoms with Gasteiger partial charge in [-0.15, -0.1) is 0 Å². The van der Waals surface area contributed by atoms with E-state index in [9.17, 15) is 9.59 Å². The molecule has 1 heterocycles. The first kappa shape index (κ1) is 15.3. The molecule has 0 N–H and O–H groups in total. The normalized spacial score (nSPS) is 24.9. The molecular weight excluding hydrogens is 256 g/mol. The minimum absolute atomic E-state index is 0.0830. The minimum Gasteiger partial charge on any atom is -0.382 e. The summed E-state index contributed by atoms with van der Waals surface area (Å²) in [6.45, 7) is 7.14. The highest BCUT2D eigenvalue weighted by Gasteiger charge is 2.51. The molecule has 0 aromatic heterocycles. The van der Waals surface area contributed by atoms with Crippen LogP contribution in [0.25, 0.3) is 0 Å².